The van der Waals surface area contributed by atoms with E-state index in [1.54, 1.807) is 0 Å². The second kappa shape index (κ2) is 7.08. The SMILES string of the molecule is C=CCn1c(N2CCCNCC2)nc2ccccc21.I. The second-order valence-electron chi connectivity index (χ2n) is 4.89. The van der Waals surface area contributed by atoms with E-state index in [4.69, 9.17) is 4.98 Å². The minimum atomic E-state index is 0. The molecule has 0 unspecified atom stereocenters. The van der Waals surface area contributed by atoms with Gasteiger partial charge in [-0.3, -0.25) is 0 Å². The molecule has 0 saturated carbocycles. The number of anilines is 1. The van der Waals surface area contributed by atoms with E-state index in [9.17, 15) is 0 Å². The van der Waals surface area contributed by atoms with Gasteiger partial charge >= 0.3 is 0 Å². The highest BCUT2D eigenvalue weighted by molar-refractivity contribution is 14.0. The smallest absolute Gasteiger partial charge is 0.206 e. The summed E-state index contributed by atoms with van der Waals surface area (Å²) in [4.78, 5) is 7.19. The molecule has 1 aliphatic heterocycles. The number of aromatic nitrogens is 2. The van der Waals surface area contributed by atoms with E-state index in [2.05, 4.69) is 39.6 Å². The molecule has 108 valence electrons. The summed E-state index contributed by atoms with van der Waals surface area (Å²) in [6.45, 7) is 8.87. The maximum absolute atomic E-state index is 4.81. The van der Waals surface area contributed by atoms with Gasteiger partial charge in [0.25, 0.3) is 0 Å². The van der Waals surface area contributed by atoms with E-state index in [-0.39, 0.29) is 24.0 Å². The van der Waals surface area contributed by atoms with Crippen LogP contribution < -0.4 is 10.2 Å². The van der Waals surface area contributed by atoms with Crippen molar-refractivity contribution in [3.63, 3.8) is 0 Å². The monoisotopic (exact) mass is 384 g/mol. The maximum atomic E-state index is 4.81. The normalized spacial score (nSPS) is 15.7. The van der Waals surface area contributed by atoms with Crippen molar-refractivity contribution in [2.75, 3.05) is 31.1 Å². The van der Waals surface area contributed by atoms with Gasteiger partial charge in [0.2, 0.25) is 5.95 Å². The molecular formula is C15H21IN4. The largest absolute Gasteiger partial charge is 0.341 e. The van der Waals surface area contributed by atoms with Crippen molar-refractivity contribution in [3.8, 4) is 0 Å². The number of para-hydroxylation sites is 2. The van der Waals surface area contributed by atoms with E-state index in [1.807, 2.05) is 12.1 Å². The zero-order valence-corrected chi connectivity index (χ0v) is 13.9. The third-order valence-electron chi connectivity index (χ3n) is 3.57. The molecular weight excluding hydrogens is 363 g/mol. The Bertz CT molecular complexity index is 570. The molecule has 0 bridgehead atoms. The molecule has 3 rings (SSSR count). The molecule has 1 saturated heterocycles. The van der Waals surface area contributed by atoms with Gasteiger partial charge < -0.3 is 14.8 Å². The Labute approximate surface area is 136 Å². The van der Waals surface area contributed by atoms with Gasteiger partial charge in [-0.25, -0.2) is 4.98 Å². The molecule has 4 nitrogen and oxygen atoms in total. The summed E-state index contributed by atoms with van der Waals surface area (Å²) in [6, 6.07) is 8.32. The quantitative estimate of drug-likeness (QED) is 0.653. The molecule has 1 aromatic carbocycles. The van der Waals surface area contributed by atoms with Crippen molar-refractivity contribution >= 4 is 41.0 Å². The highest BCUT2D eigenvalue weighted by Gasteiger charge is 2.17. The predicted molar refractivity (Wildman–Crippen MR) is 95.0 cm³/mol. The van der Waals surface area contributed by atoms with Crippen LogP contribution in [0.15, 0.2) is 36.9 Å². The lowest BCUT2D eigenvalue weighted by Gasteiger charge is -2.22. The Morgan fingerprint density at radius 1 is 1.25 bits per heavy atom. The number of rotatable bonds is 3. The topological polar surface area (TPSA) is 33.1 Å². The van der Waals surface area contributed by atoms with Gasteiger partial charge in [0.15, 0.2) is 0 Å². The van der Waals surface area contributed by atoms with Crippen molar-refractivity contribution in [2.24, 2.45) is 0 Å². The molecule has 0 amide bonds. The van der Waals surface area contributed by atoms with Crippen molar-refractivity contribution in [1.29, 1.82) is 0 Å². The molecule has 0 radical (unpaired) electrons. The van der Waals surface area contributed by atoms with Gasteiger partial charge in [-0.05, 0) is 25.1 Å². The van der Waals surface area contributed by atoms with Crippen molar-refractivity contribution < 1.29 is 0 Å². The Balaban J connectivity index is 0.00000147. The second-order valence-corrected chi connectivity index (χ2v) is 4.89. The van der Waals surface area contributed by atoms with Crippen LogP contribution in [-0.4, -0.2) is 35.7 Å². The zero-order chi connectivity index (χ0) is 13.1. The lowest BCUT2D eigenvalue weighted by Crippen LogP contribution is -2.30. The van der Waals surface area contributed by atoms with Crippen molar-refractivity contribution in [1.82, 2.24) is 14.9 Å². The van der Waals surface area contributed by atoms with Crippen LogP contribution >= 0.6 is 24.0 Å². The molecule has 0 atom stereocenters. The van der Waals surface area contributed by atoms with Crippen LogP contribution in [0.1, 0.15) is 6.42 Å². The first kappa shape index (κ1) is 15.3. The van der Waals surface area contributed by atoms with Crippen LogP contribution in [0.4, 0.5) is 5.95 Å². The molecule has 0 spiro atoms. The summed E-state index contributed by atoms with van der Waals surface area (Å²) >= 11 is 0. The fourth-order valence-corrected chi connectivity index (χ4v) is 2.66. The van der Waals surface area contributed by atoms with Crippen LogP contribution in [0.2, 0.25) is 0 Å². The van der Waals surface area contributed by atoms with Crippen LogP contribution in [0.25, 0.3) is 11.0 Å². The van der Waals surface area contributed by atoms with E-state index >= 15 is 0 Å². The number of allylic oxidation sites excluding steroid dienone is 1. The molecule has 5 heteroatoms. The third kappa shape index (κ3) is 2.98. The Morgan fingerprint density at radius 3 is 2.95 bits per heavy atom. The number of imidazole rings is 1. The van der Waals surface area contributed by atoms with Gasteiger partial charge in [-0.1, -0.05) is 18.2 Å². The Hall–Kier alpha value is -1.08. The number of hydrogen-bond acceptors (Lipinski definition) is 3. The molecule has 0 aliphatic carbocycles. The summed E-state index contributed by atoms with van der Waals surface area (Å²) in [5, 5.41) is 3.43. The Morgan fingerprint density at radius 2 is 2.10 bits per heavy atom. The molecule has 1 aromatic heterocycles. The third-order valence-corrected chi connectivity index (χ3v) is 3.57. The number of nitrogens with one attached hydrogen (secondary N) is 1. The minimum Gasteiger partial charge on any atom is -0.341 e. The van der Waals surface area contributed by atoms with Crippen LogP contribution in [0.5, 0.6) is 0 Å². The first-order chi connectivity index (χ1) is 9.40. The number of benzene rings is 1. The number of hydrogen-bond donors (Lipinski definition) is 1. The van der Waals surface area contributed by atoms with Crippen molar-refractivity contribution in [3.05, 3.63) is 36.9 Å². The molecule has 1 N–H and O–H groups in total. The maximum Gasteiger partial charge on any atom is 0.206 e. The Kier molecular flexibility index (Phi) is 5.42. The van der Waals surface area contributed by atoms with Crippen LogP contribution in [0.3, 0.4) is 0 Å². The average molecular weight is 384 g/mol. The summed E-state index contributed by atoms with van der Waals surface area (Å²) in [7, 11) is 0. The average Bonchev–Trinajstić information content (AvgIpc) is 2.64. The van der Waals surface area contributed by atoms with E-state index < -0.39 is 0 Å². The van der Waals surface area contributed by atoms with Gasteiger partial charge in [0.05, 0.1) is 11.0 Å². The summed E-state index contributed by atoms with van der Waals surface area (Å²) in [5.41, 5.74) is 2.26. The minimum absolute atomic E-state index is 0. The van der Waals surface area contributed by atoms with Gasteiger partial charge in [0, 0.05) is 26.2 Å². The van der Waals surface area contributed by atoms with E-state index in [0.717, 1.165) is 50.6 Å². The van der Waals surface area contributed by atoms with Gasteiger partial charge in [-0.15, -0.1) is 30.6 Å². The predicted octanol–water partition coefficient (Wildman–Crippen LogP) is 2.64. The summed E-state index contributed by atoms with van der Waals surface area (Å²) < 4.78 is 2.26. The fraction of sp³-hybridized carbons (Fsp3) is 0.400. The number of halogens is 1. The number of nitrogens with zero attached hydrogens (tertiary/aromatic N) is 3. The first-order valence-electron chi connectivity index (χ1n) is 6.92. The highest BCUT2D eigenvalue weighted by Crippen LogP contribution is 2.23. The van der Waals surface area contributed by atoms with Gasteiger partial charge in [-0.2, -0.15) is 0 Å². The lowest BCUT2D eigenvalue weighted by atomic mass is 10.3. The molecule has 20 heavy (non-hydrogen) atoms. The van der Waals surface area contributed by atoms with Crippen molar-refractivity contribution in [2.45, 2.75) is 13.0 Å². The van der Waals surface area contributed by atoms with E-state index in [0.29, 0.717) is 0 Å². The molecule has 2 aromatic rings. The standard InChI is InChI=1S/C15H20N4.HI/c1-2-10-19-14-7-4-3-6-13(14)17-15(19)18-11-5-8-16-9-12-18;/h2-4,6-7,16H,1,5,8-12H2;1H. The summed E-state index contributed by atoms with van der Waals surface area (Å²) in [5.74, 6) is 1.07. The van der Waals surface area contributed by atoms with Crippen LogP contribution in [0, 0.1) is 0 Å². The van der Waals surface area contributed by atoms with E-state index in [1.165, 1.54) is 5.52 Å². The number of fused-ring (bicyclic) bond motifs is 1. The lowest BCUT2D eigenvalue weighted by molar-refractivity contribution is 0.723. The highest BCUT2D eigenvalue weighted by atomic mass is 127. The first-order valence-corrected chi connectivity index (χ1v) is 6.92. The summed E-state index contributed by atoms with van der Waals surface area (Å²) in [6.07, 6.45) is 3.10. The van der Waals surface area contributed by atoms with Gasteiger partial charge in [0.1, 0.15) is 0 Å². The molecule has 2 heterocycles. The molecule has 1 aliphatic rings. The fourth-order valence-electron chi connectivity index (χ4n) is 2.66. The van der Waals surface area contributed by atoms with Crippen LogP contribution in [-0.2, 0) is 6.54 Å². The zero-order valence-electron chi connectivity index (χ0n) is 11.6. The molecule has 1 fully saturated rings.